The van der Waals surface area contributed by atoms with Crippen molar-refractivity contribution in [2.75, 3.05) is 37.3 Å². The summed E-state index contributed by atoms with van der Waals surface area (Å²) in [6, 6.07) is 5.47. The summed E-state index contributed by atoms with van der Waals surface area (Å²) in [5.74, 6) is -0.152. The van der Waals surface area contributed by atoms with E-state index in [4.69, 9.17) is 4.42 Å². The Hall–Kier alpha value is -2.88. The maximum absolute atomic E-state index is 12.3. The Morgan fingerprint density at radius 2 is 1.88 bits per heavy atom. The molecule has 2 heterocycles. The number of hydrogen-bond acceptors (Lipinski definition) is 7. The molecule has 9 nitrogen and oxygen atoms in total. The average Bonchev–Trinajstić information content (AvgIpc) is 3.14. The van der Waals surface area contributed by atoms with Gasteiger partial charge in [0.05, 0.1) is 21.6 Å². The number of anilines is 1. The summed E-state index contributed by atoms with van der Waals surface area (Å²) in [4.78, 5) is 26.4. The second kappa shape index (κ2) is 6.79. The highest BCUT2D eigenvalue weighted by atomic mass is 32.2. The summed E-state index contributed by atoms with van der Waals surface area (Å²) in [5.41, 5.74) is 0.544. The van der Waals surface area contributed by atoms with Crippen LogP contribution in [-0.2, 0) is 9.84 Å². The fourth-order valence-corrected chi connectivity index (χ4v) is 3.51. The highest BCUT2D eigenvalue weighted by molar-refractivity contribution is 7.90. The van der Waals surface area contributed by atoms with Crippen molar-refractivity contribution in [1.82, 2.24) is 4.90 Å². The van der Waals surface area contributed by atoms with Crippen molar-refractivity contribution in [3.05, 3.63) is 52.5 Å². The van der Waals surface area contributed by atoms with Crippen LogP contribution in [0.4, 0.5) is 11.4 Å². The van der Waals surface area contributed by atoms with Gasteiger partial charge in [0.1, 0.15) is 12.0 Å². The highest BCUT2D eigenvalue weighted by Crippen LogP contribution is 2.31. The third-order valence-electron chi connectivity index (χ3n) is 4.25. The van der Waals surface area contributed by atoms with E-state index in [2.05, 4.69) is 0 Å². The molecule has 0 spiro atoms. The van der Waals surface area contributed by atoms with Crippen LogP contribution in [0.5, 0.6) is 0 Å². The lowest BCUT2D eigenvalue weighted by molar-refractivity contribution is -0.384. The van der Waals surface area contributed by atoms with Gasteiger partial charge in [-0.1, -0.05) is 0 Å². The zero-order chi connectivity index (χ0) is 18.9. The fraction of sp³-hybridized carbons (Fsp3) is 0.312. The van der Waals surface area contributed by atoms with Crippen molar-refractivity contribution < 1.29 is 22.6 Å². The number of nitro groups is 1. The smallest absolute Gasteiger partial charge is 0.293 e. The first-order chi connectivity index (χ1) is 12.3. The molecule has 0 aliphatic carbocycles. The maximum atomic E-state index is 12.3. The molecular weight excluding hydrogens is 362 g/mol. The average molecular weight is 379 g/mol. The van der Waals surface area contributed by atoms with E-state index in [1.54, 1.807) is 15.9 Å². The van der Waals surface area contributed by atoms with Gasteiger partial charge in [0, 0.05) is 38.5 Å². The molecule has 0 radical (unpaired) electrons. The number of piperazine rings is 1. The number of rotatable bonds is 4. The van der Waals surface area contributed by atoms with E-state index in [0.717, 1.165) is 12.3 Å². The standard InChI is InChI=1S/C16H17N3O6S/c1-26(23,24)13-2-3-14(15(10-13)19(21)22)17-5-7-18(8-6-17)16(20)12-4-9-25-11-12/h2-4,9-11H,5-8H2,1H3. The lowest BCUT2D eigenvalue weighted by Crippen LogP contribution is -2.48. The Bertz CT molecular complexity index is 931. The minimum absolute atomic E-state index is 0.0956. The first kappa shape index (κ1) is 17.9. The number of sulfone groups is 1. The third kappa shape index (κ3) is 3.54. The number of carbonyl (C=O) groups is 1. The summed E-state index contributed by atoms with van der Waals surface area (Å²) in [7, 11) is -3.54. The van der Waals surface area contributed by atoms with Gasteiger partial charge in [-0.3, -0.25) is 14.9 Å². The van der Waals surface area contributed by atoms with Crippen LogP contribution in [0.1, 0.15) is 10.4 Å². The normalized spacial score (nSPS) is 15.1. The van der Waals surface area contributed by atoms with Gasteiger partial charge in [0.25, 0.3) is 11.6 Å². The minimum Gasteiger partial charge on any atom is -0.472 e. The van der Waals surface area contributed by atoms with Gasteiger partial charge in [-0.05, 0) is 18.2 Å². The molecule has 0 N–H and O–H groups in total. The topological polar surface area (TPSA) is 114 Å². The molecule has 26 heavy (non-hydrogen) atoms. The van der Waals surface area contributed by atoms with Crippen LogP contribution < -0.4 is 4.90 Å². The summed E-state index contributed by atoms with van der Waals surface area (Å²) in [5, 5.41) is 11.4. The van der Waals surface area contributed by atoms with Crippen molar-refractivity contribution in [3.63, 3.8) is 0 Å². The predicted octanol–water partition coefficient (Wildman–Crippen LogP) is 1.55. The summed E-state index contributed by atoms with van der Waals surface area (Å²) >= 11 is 0. The molecule has 0 atom stereocenters. The number of carbonyl (C=O) groups excluding carboxylic acids is 1. The molecule has 0 bridgehead atoms. The first-order valence-corrected chi connectivity index (χ1v) is 9.71. The number of hydrogen-bond donors (Lipinski definition) is 0. The van der Waals surface area contributed by atoms with Crippen molar-refractivity contribution in [2.45, 2.75) is 4.90 Å². The van der Waals surface area contributed by atoms with E-state index in [1.165, 1.54) is 24.7 Å². The van der Waals surface area contributed by atoms with Gasteiger partial charge in [-0.15, -0.1) is 0 Å². The SMILES string of the molecule is CS(=O)(=O)c1ccc(N2CCN(C(=O)c3ccoc3)CC2)c([N+](=O)[O-])c1. The maximum Gasteiger partial charge on any atom is 0.293 e. The van der Waals surface area contributed by atoms with E-state index in [-0.39, 0.29) is 16.5 Å². The van der Waals surface area contributed by atoms with Crippen LogP contribution in [0.25, 0.3) is 0 Å². The summed E-state index contributed by atoms with van der Waals surface area (Å²) in [6.45, 7) is 1.61. The Morgan fingerprint density at radius 1 is 1.19 bits per heavy atom. The molecule has 10 heteroatoms. The van der Waals surface area contributed by atoms with E-state index >= 15 is 0 Å². The summed E-state index contributed by atoms with van der Waals surface area (Å²) in [6.07, 6.45) is 3.81. The van der Waals surface area contributed by atoms with Crippen LogP contribution in [0.2, 0.25) is 0 Å². The van der Waals surface area contributed by atoms with E-state index in [0.29, 0.717) is 37.4 Å². The minimum atomic E-state index is -3.54. The van der Waals surface area contributed by atoms with Gasteiger partial charge < -0.3 is 14.2 Å². The molecule has 1 fully saturated rings. The molecule has 0 unspecified atom stereocenters. The first-order valence-electron chi connectivity index (χ1n) is 7.82. The molecule has 3 rings (SSSR count). The fourth-order valence-electron chi connectivity index (χ4n) is 2.87. The highest BCUT2D eigenvalue weighted by Gasteiger charge is 2.27. The Labute approximate surface area is 149 Å². The van der Waals surface area contributed by atoms with Crippen molar-refractivity contribution in [1.29, 1.82) is 0 Å². The third-order valence-corrected chi connectivity index (χ3v) is 5.36. The molecule has 1 aromatic heterocycles. The number of amides is 1. The molecular formula is C16H17N3O6S. The quantitative estimate of drug-likeness (QED) is 0.585. The van der Waals surface area contributed by atoms with Crippen LogP contribution in [-0.4, -0.2) is 56.6 Å². The molecule has 0 saturated carbocycles. The Balaban J connectivity index is 1.79. The molecule has 1 aliphatic heterocycles. The lowest BCUT2D eigenvalue weighted by atomic mass is 10.2. The second-order valence-corrected chi connectivity index (χ2v) is 7.99. The van der Waals surface area contributed by atoms with Gasteiger partial charge >= 0.3 is 0 Å². The molecule has 138 valence electrons. The molecule has 1 amide bonds. The van der Waals surface area contributed by atoms with Gasteiger partial charge in [0.15, 0.2) is 9.84 Å². The summed E-state index contributed by atoms with van der Waals surface area (Å²) < 4.78 is 28.2. The van der Waals surface area contributed by atoms with Crippen LogP contribution in [0, 0.1) is 10.1 Å². The zero-order valence-corrected chi connectivity index (χ0v) is 14.8. The Kier molecular flexibility index (Phi) is 4.68. The van der Waals surface area contributed by atoms with E-state index in [1.807, 2.05) is 0 Å². The van der Waals surface area contributed by atoms with Crippen LogP contribution >= 0.6 is 0 Å². The zero-order valence-electron chi connectivity index (χ0n) is 14.0. The number of nitrogens with zero attached hydrogens (tertiary/aromatic N) is 3. The monoisotopic (exact) mass is 379 g/mol. The van der Waals surface area contributed by atoms with Gasteiger partial charge in [0.2, 0.25) is 0 Å². The Morgan fingerprint density at radius 3 is 2.42 bits per heavy atom. The van der Waals surface area contributed by atoms with Crippen LogP contribution in [0.3, 0.4) is 0 Å². The van der Waals surface area contributed by atoms with Crippen LogP contribution in [0.15, 0.2) is 46.1 Å². The molecule has 1 aromatic carbocycles. The van der Waals surface area contributed by atoms with Crippen molar-refractivity contribution >= 4 is 27.1 Å². The number of nitro benzene ring substituents is 1. The number of furan rings is 1. The van der Waals surface area contributed by atoms with Gasteiger partial charge in [-0.25, -0.2) is 8.42 Å². The second-order valence-electron chi connectivity index (χ2n) is 5.97. The molecule has 2 aromatic rings. The van der Waals surface area contributed by atoms with E-state index < -0.39 is 14.8 Å². The molecule has 1 saturated heterocycles. The van der Waals surface area contributed by atoms with Crippen molar-refractivity contribution in [2.24, 2.45) is 0 Å². The number of benzene rings is 1. The van der Waals surface area contributed by atoms with E-state index in [9.17, 15) is 23.3 Å². The largest absolute Gasteiger partial charge is 0.472 e. The lowest BCUT2D eigenvalue weighted by Gasteiger charge is -2.35. The predicted molar refractivity (Wildman–Crippen MR) is 93.0 cm³/mol. The van der Waals surface area contributed by atoms with Crippen molar-refractivity contribution in [3.8, 4) is 0 Å². The molecule has 1 aliphatic rings. The van der Waals surface area contributed by atoms with Gasteiger partial charge in [-0.2, -0.15) is 0 Å².